The molecule has 0 atom stereocenters. The van der Waals surface area contributed by atoms with Crippen LogP contribution in [0.5, 0.6) is 0 Å². The number of rotatable bonds is 4. The van der Waals surface area contributed by atoms with Crippen LogP contribution in [0.15, 0.2) is 36.4 Å². The van der Waals surface area contributed by atoms with E-state index in [0.717, 1.165) is 53.8 Å². The Balaban J connectivity index is 1.92. The highest BCUT2D eigenvalue weighted by Gasteiger charge is 2.25. The van der Waals surface area contributed by atoms with E-state index in [-0.39, 0.29) is 6.67 Å². The first-order valence-electron chi connectivity index (χ1n) is 9.34. The highest BCUT2D eigenvalue weighted by atomic mass is 35.5. The summed E-state index contributed by atoms with van der Waals surface area (Å²) >= 11 is 12.6. The van der Waals surface area contributed by atoms with Crippen LogP contribution in [-0.2, 0) is 19.3 Å². The maximum absolute atomic E-state index is 12.6. The van der Waals surface area contributed by atoms with Gasteiger partial charge in [-0.1, -0.05) is 41.4 Å². The first-order valence-corrected chi connectivity index (χ1v) is 10.1. The lowest BCUT2D eigenvalue weighted by Crippen LogP contribution is -2.02. The van der Waals surface area contributed by atoms with E-state index >= 15 is 0 Å². The minimum Gasteiger partial charge on any atom is -0.251 e. The van der Waals surface area contributed by atoms with E-state index < -0.39 is 0 Å². The molecule has 0 aliphatic heterocycles. The van der Waals surface area contributed by atoms with Gasteiger partial charge >= 0.3 is 0 Å². The summed E-state index contributed by atoms with van der Waals surface area (Å²) in [6, 6.07) is 11.7. The van der Waals surface area contributed by atoms with Gasteiger partial charge in [-0.05, 0) is 67.4 Å². The number of hydrogen-bond acceptors (Lipinski definition) is 1. The zero-order chi connectivity index (χ0) is 19.7. The summed E-state index contributed by atoms with van der Waals surface area (Å²) in [5.41, 5.74) is 6.97. The zero-order valence-electron chi connectivity index (χ0n) is 15.3. The molecule has 1 aliphatic carbocycles. The van der Waals surface area contributed by atoms with E-state index in [1.807, 2.05) is 10.7 Å². The highest BCUT2D eigenvalue weighted by molar-refractivity contribution is 6.35. The van der Waals surface area contributed by atoms with Gasteiger partial charge in [-0.2, -0.15) is 5.10 Å². The lowest BCUT2D eigenvalue weighted by atomic mass is 9.97. The van der Waals surface area contributed by atoms with Crippen molar-refractivity contribution in [2.75, 3.05) is 6.67 Å². The van der Waals surface area contributed by atoms with Crippen LogP contribution in [0.3, 0.4) is 0 Å². The predicted octanol–water partition coefficient (Wildman–Crippen LogP) is 6.22. The second-order valence-electron chi connectivity index (χ2n) is 6.97. The van der Waals surface area contributed by atoms with Crippen molar-refractivity contribution >= 4 is 23.2 Å². The summed E-state index contributed by atoms with van der Waals surface area (Å²) in [5.74, 6) is 2.73. The van der Waals surface area contributed by atoms with Crippen molar-refractivity contribution in [1.82, 2.24) is 9.78 Å². The molecule has 3 aromatic rings. The van der Waals surface area contributed by atoms with Gasteiger partial charge in [0.1, 0.15) is 5.69 Å². The maximum atomic E-state index is 12.6. The van der Waals surface area contributed by atoms with Crippen LogP contribution in [-0.4, -0.2) is 16.5 Å². The standard InChI is InChI=1S/C23H19Cl2FN2/c1-2-21-19-7-3-6-16-13-15(5-4-12-26)8-10-18(16)23(19)28(27-21)22-11-9-17(24)14-20(22)25/h1,8-11,13-14H,3-7,12H2. The summed E-state index contributed by atoms with van der Waals surface area (Å²) in [6.07, 6.45) is 9.85. The number of fused-ring (bicyclic) bond motifs is 3. The number of benzene rings is 2. The minimum atomic E-state index is -0.297. The average Bonchev–Trinajstić information content (AvgIpc) is 2.93. The number of nitrogens with zero attached hydrogens (tertiary/aromatic N) is 2. The summed E-state index contributed by atoms with van der Waals surface area (Å²) in [4.78, 5) is 0. The lowest BCUT2D eigenvalue weighted by molar-refractivity contribution is 0.473. The molecule has 2 aromatic carbocycles. The predicted molar refractivity (Wildman–Crippen MR) is 113 cm³/mol. The molecule has 1 heterocycles. The van der Waals surface area contributed by atoms with E-state index in [9.17, 15) is 4.39 Å². The SMILES string of the molecule is C#Cc1nn(-c2ccc(Cl)cc2Cl)c2c1CCCc1cc(CCCF)ccc1-2. The third kappa shape index (κ3) is 3.43. The number of aromatic nitrogens is 2. The number of halogens is 3. The van der Waals surface area contributed by atoms with Gasteiger partial charge in [-0.3, -0.25) is 4.39 Å². The van der Waals surface area contributed by atoms with E-state index in [4.69, 9.17) is 29.6 Å². The van der Waals surface area contributed by atoms with Crippen molar-refractivity contribution in [3.8, 4) is 29.3 Å². The minimum absolute atomic E-state index is 0.297. The first kappa shape index (κ1) is 19.1. The monoisotopic (exact) mass is 412 g/mol. The van der Waals surface area contributed by atoms with Gasteiger partial charge < -0.3 is 0 Å². The third-order valence-corrected chi connectivity index (χ3v) is 5.69. The molecular formula is C23H19Cl2FN2. The summed E-state index contributed by atoms with van der Waals surface area (Å²) in [5, 5.41) is 5.78. The van der Waals surface area contributed by atoms with Crippen molar-refractivity contribution in [1.29, 1.82) is 0 Å². The fraction of sp³-hybridized carbons (Fsp3) is 0.261. The molecule has 0 N–H and O–H groups in total. The van der Waals surface area contributed by atoms with Gasteiger partial charge in [-0.25, -0.2) is 4.68 Å². The topological polar surface area (TPSA) is 17.8 Å². The molecule has 0 bridgehead atoms. The Kier molecular flexibility index (Phi) is 5.44. The molecule has 0 unspecified atom stereocenters. The Morgan fingerprint density at radius 1 is 1.14 bits per heavy atom. The van der Waals surface area contributed by atoms with Gasteiger partial charge in [0, 0.05) is 16.1 Å². The fourth-order valence-corrected chi connectivity index (χ4v) is 4.36. The molecule has 1 aromatic heterocycles. The molecule has 0 spiro atoms. The maximum Gasteiger partial charge on any atom is 0.139 e. The van der Waals surface area contributed by atoms with Gasteiger partial charge in [0.2, 0.25) is 0 Å². The van der Waals surface area contributed by atoms with Gasteiger partial charge in [-0.15, -0.1) is 6.42 Å². The molecule has 0 saturated heterocycles. The molecule has 0 fully saturated rings. The Labute approximate surface area is 174 Å². The molecule has 0 saturated carbocycles. The molecule has 2 nitrogen and oxygen atoms in total. The van der Waals surface area contributed by atoms with Gasteiger partial charge in [0.25, 0.3) is 0 Å². The van der Waals surface area contributed by atoms with Crippen molar-refractivity contribution in [3.05, 3.63) is 68.8 Å². The zero-order valence-corrected chi connectivity index (χ0v) is 16.8. The largest absolute Gasteiger partial charge is 0.251 e. The Morgan fingerprint density at radius 2 is 2.00 bits per heavy atom. The van der Waals surface area contributed by atoms with Gasteiger partial charge in [0.05, 0.1) is 23.1 Å². The Morgan fingerprint density at radius 3 is 2.75 bits per heavy atom. The normalized spacial score (nSPS) is 12.8. The fourth-order valence-electron chi connectivity index (χ4n) is 3.87. The number of hydrogen-bond donors (Lipinski definition) is 0. The van der Waals surface area contributed by atoms with Crippen molar-refractivity contribution < 1.29 is 4.39 Å². The van der Waals surface area contributed by atoms with Crippen molar-refractivity contribution in [2.24, 2.45) is 0 Å². The second-order valence-corrected chi connectivity index (χ2v) is 7.81. The molecular weight excluding hydrogens is 394 g/mol. The Hall–Kier alpha value is -2.28. The van der Waals surface area contributed by atoms with Crippen LogP contribution < -0.4 is 0 Å². The van der Waals surface area contributed by atoms with Crippen LogP contribution in [0.25, 0.3) is 16.9 Å². The van der Waals surface area contributed by atoms with Crippen LogP contribution in [0.4, 0.5) is 4.39 Å². The third-order valence-electron chi connectivity index (χ3n) is 5.15. The number of alkyl halides is 1. The summed E-state index contributed by atoms with van der Waals surface area (Å²) in [7, 11) is 0. The van der Waals surface area contributed by atoms with Crippen LogP contribution >= 0.6 is 23.2 Å². The average molecular weight is 413 g/mol. The van der Waals surface area contributed by atoms with E-state index in [1.165, 1.54) is 5.56 Å². The van der Waals surface area contributed by atoms with Gasteiger partial charge in [0.15, 0.2) is 0 Å². The molecule has 1 aliphatic rings. The molecule has 0 radical (unpaired) electrons. The van der Waals surface area contributed by atoms with Crippen molar-refractivity contribution in [2.45, 2.75) is 32.1 Å². The molecule has 4 rings (SSSR count). The highest BCUT2D eigenvalue weighted by Crippen LogP contribution is 2.38. The quantitative estimate of drug-likeness (QED) is 0.465. The summed E-state index contributed by atoms with van der Waals surface area (Å²) < 4.78 is 14.4. The number of aryl methyl sites for hydroxylation is 2. The van der Waals surface area contributed by atoms with E-state index in [0.29, 0.717) is 22.2 Å². The van der Waals surface area contributed by atoms with E-state index in [1.54, 1.807) is 12.1 Å². The van der Waals surface area contributed by atoms with Crippen LogP contribution in [0, 0.1) is 12.3 Å². The van der Waals surface area contributed by atoms with Crippen LogP contribution in [0.2, 0.25) is 10.0 Å². The second kappa shape index (κ2) is 7.99. The van der Waals surface area contributed by atoms with Crippen LogP contribution in [0.1, 0.15) is 35.2 Å². The van der Waals surface area contributed by atoms with E-state index in [2.05, 4.69) is 29.2 Å². The van der Waals surface area contributed by atoms with Crippen molar-refractivity contribution in [3.63, 3.8) is 0 Å². The number of terminal acetylenes is 1. The molecule has 0 amide bonds. The molecule has 142 valence electrons. The Bertz CT molecular complexity index is 1080. The molecule has 5 heteroatoms. The lowest BCUT2D eigenvalue weighted by Gasteiger charge is -2.14. The summed E-state index contributed by atoms with van der Waals surface area (Å²) in [6.45, 7) is -0.297. The first-order chi connectivity index (χ1) is 13.6. The molecule has 28 heavy (non-hydrogen) atoms. The smallest absolute Gasteiger partial charge is 0.139 e.